The molecule has 108 valence electrons. The van der Waals surface area contributed by atoms with Crippen molar-refractivity contribution in [3.05, 3.63) is 18.2 Å². The second-order valence-electron chi connectivity index (χ2n) is 5.32. The summed E-state index contributed by atoms with van der Waals surface area (Å²) < 4.78 is 12.0. The first-order chi connectivity index (χ1) is 9.71. The lowest BCUT2D eigenvalue weighted by atomic mass is 9.94. The van der Waals surface area contributed by atoms with Gasteiger partial charge < -0.3 is 20.1 Å². The van der Waals surface area contributed by atoms with Gasteiger partial charge in [-0.25, -0.2) is 4.79 Å². The molecule has 1 aliphatic heterocycles. The van der Waals surface area contributed by atoms with Gasteiger partial charge >= 0.3 is 6.03 Å². The molecule has 0 bridgehead atoms. The van der Waals surface area contributed by atoms with E-state index in [1.54, 1.807) is 0 Å². The molecule has 5 nitrogen and oxygen atoms in total. The van der Waals surface area contributed by atoms with Crippen molar-refractivity contribution in [2.75, 3.05) is 11.9 Å². The van der Waals surface area contributed by atoms with Crippen molar-refractivity contribution < 1.29 is 14.3 Å². The lowest BCUT2D eigenvalue weighted by Gasteiger charge is -2.31. The van der Waals surface area contributed by atoms with Crippen LogP contribution < -0.4 is 20.1 Å². The summed E-state index contributed by atoms with van der Waals surface area (Å²) in [6.07, 6.45) is 5.38. The fraction of sp³-hybridized carbons (Fsp3) is 0.533. The lowest BCUT2D eigenvalue weighted by molar-refractivity contribution is -0.105. The molecular formula is C15H20N2O3. The minimum atomic E-state index is -0.467. The Morgan fingerprint density at radius 1 is 1.20 bits per heavy atom. The van der Waals surface area contributed by atoms with Crippen molar-refractivity contribution in [2.24, 2.45) is 0 Å². The molecule has 1 aromatic rings. The third-order valence-corrected chi connectivity index (χ3v) is 3.75. The van der Waals surface area contributed by atoms with Crippen molar-refractivity contribution in [3.63, 3.8) is 0 Å². The summed E-state index contributed by atoms with van der Waals surface area (Å²) in [5.41, 5.74) is 0.714. The van der Waals surface area contributed by atoms with E-state index in [9.17, 15) is 4.79 Å². The SMILES string of the molecule is CCNC(=O)Nc1ccc2c(c1)OC1(CCCCC1)O2. The number of fused-ring (bicyclic) bond motifs is 1. The first-order valence-corrected chi connectivity index (χ1v) is 7.28. The maximum Gasteiger partial charge on any atom is 0.319 e. The van der Waals surface area contributed by atoms with Crippen LogP contribution in [0.1, 0.15) is 39.0 Å². The van der Waals surface area contributed by atoms with Gasteiger partial charge in [0.1, 0.15) is 0 Å². The van der Waals surface area contributed by atoms with Crippen LogP contribution in [0.2, 0.25) is 0 Å². The summed E-state index contributed by atoms with van der Waals surface area (Å²) >= 11 is 0. The normalized spacial score (nSPS) is 18.9. The predicted octanol–water partition coefficient (Wildman–Crippen LogP) is 3.26. The molecule has 1 saturated carbocycles. The molecular weight excluding hydrogens is 256 g/mol. The van der Waals surface area contributed by atoms with E-state index in [-0.39, 0.29) is 6.03 Å². The summed E-state index contributed by atoms with van der Waals surface area (Å²) in [7, 11) is 0. The van der Waals surface area contributed by atoms with Crippen LogP contribution in [0.3, 0.4) is 0 Å². The van der Waals surface area contributed by atoms with Crippen molar-refractivity contribution in [3.8, 4) is 11.5 Å². The van der Waals surface area contributed by atoms with Crippen molar-refractivity contribution >= 4 is 11.7 Å². The monoisotopic (exact) mass is 276 g/mol. The molecule has 5 heteroatoms. The summed E-state index contributed by atoms with van der Waals surface area (Å²) in [6, 6.07) is 5.31. The zero-order valence-corrected chi connectivity index (χ0v) is 11.7. The predicted molar refractivity (Wildman–Crippen MR) is 76.2 cm³/mol. The number of rotatable bonds is 2. The van der Waals surface area contributed by atoms with Crippen LogP contribution in [-0.4, -0.2) is 18.4 Å². The van der Waals surface area contributed by atoms with Gasteiger partial charge in [-0.1, -0.05) is 6.42 Å². The number of hydrogen-bond donors (Lipinski definition) is 2. The largest absolute Gasteiger partial charge is 0.448 e. The van der Waals surface area contributed by atoms with Gasteiger partial charge in [0.2, 0.25) is 0 Å². The molecule has 2 aliphatic rings. The molecule has 0 unspecified atom stereocenters. The number of carbonyl (C=O) groups excluding carboxylic acids is 1. The number of benzene rings is 1. The topological polar surface area (TPSA) is 59.6 Å². The highest BCUT2D eigenvalue weighted by molar-refractivity contribution is 5.89. The number of amides is 2. The van der Waals surface area contributed by atoms with Gasteiger partial charge in [-0.05, 0) is 31.9 Å². The van der Waals surface area contributed by atoms with Gasteiger partial charge in [0.05, 0.1) is 0 Å². The average Bonchev–Trinajstić information content (AvgIpc) is 2.76. The smallest absolute Gasteiger partial charge is 0.319 e. The zero-order valence-electron chi connectivity index (χ0n) is 11.7. The Hall–Kier alpha value is -1.91. The summed E-state index contributed by atoms with van der Waals surface area (Å²) in [4.78, 5) is 11.5. The number of urea groups is 1. The van der Waals surface area contributed by atoms with E-state index in [0.29, 0.717) is 12.2 Å². The van der Waals surface area contributed by atoms with Crippen molar-refractivity contribution in [1.29, 1.82) is 0 Å². The quantitative estimate of drug-likeness (QED) is 0.871. The van der Waals surface area contributed by atoms with Gasteiger partial charge in [0.15, 0.2) is 11.5 Å². The fourth-order valence-corrected chi connectivity index (χ4v) is 2.80. The van der Waals surface area contributed by atoms with Crippen molar-refractivity contribution in [1.82, 2.24) is 5.32 Å². The minimum Gasteiger partial charge on any atom is -0.448 e. The Morgan fingerprint density at radius 2 is 1.95 bits per heavy atom. The van der Waals surface area contributed by atoms with E-state index in [1.165, 1.54) is 6.42 Å². The Morgan fingerprint density at radius 3 is 2.70 bits per heavy atom. The van der Waals surface area contributed by atoms with Gasteiger partial charge in [0.25, 0.3) is 5.79 Å². The molecule has 2 N–H and O–H groups in total. The summed E-state index contributed by atoms with van der Waals surface area (Å²) in [5.74, 6) is 1.03. The fourth-order valence-electron chi connectivity index (χ4n) is 2.80. The molecule has 0 radical (unpaired) electrons. The second kappa shape index (κ2) is 5.23. The van der Waals surface area contributed by atoms with E-state index >= 15 is 0 Å². The first kappa shape index (κ1) is 13.1. The number of hydrogen-bond acceptors (Lipinski definition) is 3. The molecule has 0 aromatic heterocycles. The molecule has 1 spiro atoms. The van der Waals surface area contributed by atoms with Gasteiger partial charge in [-0.2, -0.15) is 0 Å². The molecule has 20 heavy (non-hydrogen) atoms. The second-order valence-corrected chi connectivity index (χ2v) is 5.32. The summed E-state index contributed by atoms with van der Waals surface area (Å²) in [6.45, 7) is 2.48. The zero-order chi connectivity index (χ0) is 14.0. The number of ether oxygens (including phenoxy) is 2. The van der Waals surface area contributed by atoms with E-state index in [4.69, 9.17) is 9.47 Å². The van der Waals surface area contributed by atoms with Crippen LogP contribution in [0, 0.1) is 0 Å². The van der Waals surface area contributed by atoms with Crippen LogP contribution in [-0.2, 0) is 0 Å². The van der Waals surface area contributed by atoms with Crippen LogP contribution in [0.4, 0.5) is 10.5 Å². The van der Waals surface area contributed by atoms with E-state index in [0.717, 1.165) is 37.2 Å². The van der Waals surface area contributed by atoms with Gasteiger partial charge in [-0.15, -0.1) is 0 Å². The highest BCUT2D eigenvalue weighted by Gasteiger charge is 2.42. The highest BCUT2D eigenvalue weighted by atomic mass is 16.7. The Kier molecular flexibility index (Phi) is 3.42. The first-order valence-electron chi connectivity index (χ1n) is 7.28. The maximum absolute atomic E-state index is 11.5. The molecule has 1 fully saturated rings. The molecule has 1 aromatic carbocycles. The molecule has 3 rings (SSSR count). The Bertz CT molecular complexity index is 510. The molecule has 1 heterocycles. The Balaban J connectivity index is 1.72. The summed E-state index contributed by atoms with van der Waals surface area (Å²) in [5, 5.41) is 5.47. The van der Waals surface area contributed by atoms with Crippen LogP contribution in [0.5, 0.6) is 11.5 Å². The number of anilines is 1. The van der Waals surface area contributed by atoms with Crippen LogP contribution in [0.15, 0.2) is 18.2 Å². The Labute approximate surface area is 118 Å². The lowest BCUT2D eigenvalue weighted by Crippen LogP contribution is -2.40. The van der Waals surface area contributed by atoms with Crippen LogP contribution >= 0.6 is 0 Å². The third kappa shape index (κ3) is 2.53. The van der Waals surface area contributed by atoms with E-state index < -0.39 is 5.79 Å². The average molecular weight is 276 g/mol. The third-order valence-electron chi connectivity index (χ3n) is 3.75. The van der Waals surface area contributed by atoms with Crippen LogP contribution in [0.25, 0.3) is 0 Å². The molecule has 2 amide bonds. The van der Waals surface area contributed by atoms with Gasteiger partial charge in [-0.3, -0.25) is 0 Å². The minimum absolute atomic E-state index is 0.209. The van der Waals surface area contributed by atoms with Gasteiger partial charge in [0, 0.05) is 31.1 Å². The number of nitrogens with one attached hydrogen (secondary N) is 2. The number of carbonyl (C=O) groups is 1. The standard InChI is InChI=1S/C15H20N2O3/c1-2-16-14(18)17-11-6-7-12-13(10-11)20-15(19-12)8-4-3-5-9-15/h6-7,10H,2-5,8-9H2,1H3,(H2,16,17,18). The highest BCUT2D eigenvalue weighted by Crippen LogP contribution is 2.46. The maximum atomic E-state index is 11.5. The molecule has 0 atom stereocenters. The molecule has 1 aliphatic carbocycles. The van der Waals surface area contributed by atoms with E-state index in [1.807, 2.05) is 25.1 Å². The van der Waals surface area contributed by atoms with E-state index in [2.05, 4.69) is 10.6 Å². The molecule has 0 saturated heterocycles. The van der Waals surface area contributed by atoms with Crippen molar-refractivity contribution in [2.45, 2.75) is 44.8 Å².